The van der Waals surface area contributed by atoms with Crippen molar-refractivity contribution in [1.29, 1.82) is 0 Å². The largest absolute Gasteiger partial charge is 0.339 e. The van der Waals surface area contributed by atoms with Crippen molar-refractivity contribution >= 4 is 5.91 Å². The second kappa shape index (κ2) is 7.74. The van der Waals surface area contributed by atoms with E-state index in [1.807, 2.05) is 4.90 Å². The first-order valence-electron chi connectivity index (χ1n) is 7.38. The fourth-order valence-corrected chi connectivity index (χ4v) is 2.42. The number of carbonyl (C=O) groups is 1. The number of amides is 1. The Morgan fingerprint density at radius 2 is 1.83 bits per heavy atom. The van der Waals surface area contributed by atoms with Crippen molar-refractivity contribution in [2.24, 2.45) is 5.73 Å². The van der Waals surface area contributed by atoms with E-state index < -0.39 is 0 Å². The van der Waals surface area contributed by atoms with Gasteiger partial charge in [0.2, 0.25) is 5.91 Å². The first kappa shape index (κ1) is 15.4. The van der Waals surface area contributed by atoms with Crippen molar-refractivity contribution in [1.82, 2.24) is 9.80 Å². The summed E-state index contributed by atoms with van der Waals surface area (Å²) in [5, 5.41) is 0. The van der Waals surface area contributed by atoms with Gasteiger partial charge in [-0.05, 0) is 19.8 Å². The SMILES string of the molecule is CCCC[C@H](N)C(=O)N1CCN(C(C)CC)CC1. The molecule has 0 bridgehead atoms. The van der Waals surface area contributed by atoms with E-state index in [9.17, 15) is 4.79 Å². The fourth-order valence-electron chi connectivity index (χ4n) is 2.42. The summed E-state index contributed by atoms with van der Waals surface area (Å²) in [5.74, 6) is 0.146. The first-order chi connectivity index (χ1) is 8.60. The van der Waals surface area contributed by atoms with Crippen molar-refractivity contribution in [3.8, 4) is 0 Å². The molecule has 18 heavy (non-hydrogen) atoms. The van der Waals surface area contributed by atoms with E-state index in [2.05, 4.69) is 25.7 Å². The van der Waals surface area contributed by atoms with Gasteiger partial charge >= 0.3 is 0 Å². The van der Waals surface area contributed by atoms with Crippen molar-refractivity contribution < 1.29 is 4.79 Å². The molecule has 1 heterocycles. The Kier molecular flexibility index (Phi) is 6.65. The highest BCUT2D eigenvalue weighted by Gasteiger charge is 2.26. The van der Waals surface area contributed by atoms with Crippen LogP contribution in [0.3, 0.4) is 0 Å². The van der Waals surface area contributed by atoms with Crippen LogP contribution in [0, 0.1) is 0 Å². The minimum Gasteiger partial charge on any atom is -0.339 e. The van der Waals surface area contributed by atoms with Crippen molar-refractivity contribution in [2.75, 3.05) is 26.2 Å². The maximum absolute atomic E-state index is 12.1. The molecule has 1 unspecified atom stereocenters. The van der Waals surface area contributed by atoms with Crippen LogP contribution in [0.5, 0.6) is 0 Å². The lowest BCUT2D eigenvalue weighted by Gasteiger charge is -2.38. The lowest BCUT2D eigenvalue weighted by atomic mass is 10.1. The molecule has 1 rings (SSSR count). The second-order valence-corrected chi connectivity index (χ2v) is 5.37. The maximum Gasteiger partial charge on any atom is 0.239 e. The van der Waals surface area contributed by atoms with Crippen LogP contribution in [-0.4, -0.2) is 54.0 Å². The zero-order chi connectivity index (χ0) is 13.5. The summed E-state index contributed by atoms with van der Waals surface area (Å²) >= 11 is 0. The topological polar surface area (TPSA) is 49.6 Å². The molecule has 0 aliphatic carbocycles. The van der Waals surface area contributed by atoms with Gasteiger partial charge in [0.05, 0.1) is 6.04 Å². The van der Waals surface area contributed by atoms with Gasteiger partial charge < -0.3 is 10.6 Å². The van der Waals surface area contributed by atoms with E-state index in [1.165, 1.54) is 6.42 Å². The Morgan fingerprint density at radius 3 is 2.33 bits per heavy atom. The number of nitrogens with zero attached hydrogens (tertiary/aromatic N) is 2. The summed E-state index contributed by atoms with van der Waals surface area (Å²) in [5.41, 5.74) is 5.95. The van der Waals surface area contributed by atoms with Gasteiger partial charge in [-0.25, -0.2) is 0 Å². The number of hydrogen-bond donors (Lipinski definition) is 1. The van der Waals surface area contributed by atoms with Gasteiger partial charge in [0.1, 0.15) is 0 Å². The number of hydrogen-bond acceptors (Lipinski definition) is 3. The van der Waals surface area contributed by atoms with E-state index in [1.54, 1.807) is 0 Å². The number of nitrogens with two attached hydrogens (primary N) is 1. The van der Waals surface area contributed by atoms with Crippen LogP contribution in [0.2, 0.25) is 0 Å². The average Bonchev–Trinajstić information content (AvgIpc) is 2.43. The lowest BCUT2D eigenvalue weighted by Crippen LogP contribution is -2.54. The molecule has 1 saturated heterocycles. The molecular formula is C14H29N3O. The van der Waals surface area contributed by atoms with E-state index in [0.717, 1.165) is 45.4 Å². The summed E-state index contributed by atoms with van der Waals surface area (Å²) in [6, 6.07) is 0.330. The van der Waals surface area contributed by atoms with Crippen molar-refractivity contribution in [3.05, 3.63) is 0 Å². The van der Waals surface area contributed by atoms with Gasteiger partial charge in [0.15, 0.2) is 0 Å². The lowest BCUT2D eigenvalue weighted by molar-refractivity contribution is -0.134. The highest BCUT2D eigenvalue weighted by atomic mass is 16.2. The molecule has 4 heteroatoms. The number of unbranched alkanes of at least 4 members (excludes halogenated alkanes) is 1. The Hall–Kier alpha value is -0.610. The normalized spacial score (nSPS) is 20.8. The molecule has 1 amide bonds. The van der Waals surface area contributed by atoms with Gasteiger partial charge in [-0.3, -0.25) is 9.69 Å². The predicted molar refractivity (Wildman–Crippen MR) is 75.4 cm³/mol. The quantitative estimate of drug-likeness (QED) is 0.781. The molecule has 2 atom stereocenters. The summed E-state index contributed by atoms with van der Waals surface area (Å²) in [7, 11) is 0. The Balaban J connectivity index is 2.35. The highest BCUT2D eigenvalue weighted by molar-refractivity contribution is 5.81. The average molecular weight is 255 g/mol. The Labute approximate surface area is 111 Å². The number of carbonyl (C=O) groups excluding carboxylic acids is 1. The zero-order valence-electron chi connectivity index (χ0n) is 12.2. The second-order valence-electron chi connectivity index (χ2n) is 5.37. The summed E-state index contributed by atoms with van der Waals surface area (Å²) in [6.45, 7) is 10.2. The molecular weight excluding hydrogens is 226 g/mol. The molecule has 0 spiro atoms. The van der Waals surface area contributed by atoms with E-state index in [0.29, 0.717) is 6.04 Å². The molecule has 1 aliphatic heterocycles. The van der Waals surface area contributed by atoms with E-state index in [-0.39, 0.29) is 11.9 Å². The van der Waals surface area contributed by atoms with E-state index >= 15 is 0 Å². The molecule has 1 aliphatic rings. The molecule has 0 aromatic carbocycles. The smallest absolute Gasteiger partial charge is 0.239 e. The van der Waals surface area contributed by atoms with Crippen LogP contribution in [0.4, 0.5) is 0 Å². The predicted octanol–water partition coefficient (Wildman–Crippen LogP) is 1.45. The highest BCUT2D eigenvalue weighted by Crippen LogP contribution is 2.10. The molecule has 0 aromatic rings. The van der Waals surface area contributed by atoms with Gasteiger partial charge in [-0.15, -0.1) is 0 Å². The first-order valence-corrected chi connectivity index (χ1v) is 7.38. The maximum atomic E-state index is 12.1. The van der Waals surface area contributed by atoms with E-state index in [4.69, 9.17) is 5.73 Å². The third-order valence-corrected chi connectivity index (χ3v) is 4.03. The van der Waals surface area contributed by atoms with Crippen LogP contribution in [0.25, 0.3) is 0 Å². The molecule has 0 radical (unpaired) electrons. The molecule has 2 N–H and O–H groups in total. The molecule has 0 aromatic heterocycles. The number of rotatable bonds is 6. The van der Waals surface area contributed by atoms with Gasteiger partial charge in [-0.1, -0.05) is 26.7 Å². The minimum absolute atomic E-state index is 0.146. The van der Waals surface area contributed by atoms with Gasteiger partial charge in [-0.2, -0.15) is 0 Å². The van der Waals surface area contributed by atoms with Crippen LogP contribution >= 0.6 is 0 Å². The fraction of sp³-hybridized carbons (Fsp3) is 0.929. The summed E-state index contributed by atoms with van der Waals surface area (Å²) in [4.78, 5) is 16.5. The summed E-state index contributed by atoms with van der Waals surface area (Å²) < 4.78 is 0. The molecule has 1 fully saturated rings. The summed E-state index contributed by atoms with van der Waals surface area (Å²) in [6.07, 6.45) is 4.13. The standard InChI is InChI=1S/C14H29N3O/c1-4-6-7-13(15)14(18)17-10-8-16(9-11-17)12(3)5-2/h12-13H,4-11,15H2,1-3H3/t12?,13-/m0/s1. The monoisotopic (exact) mass is 255 g/mol. The molecule has 0 saturated carbocycles. The van der Waals surface area contributed by atoms with Crippen molar-refractivity contribution in [3.63, 3.8) is 0 Å². The van der Waals surface area contributed by atoms with Gasteiger partial charge in [0.25, 0.3) is 0 Å². The number of piperazine rings is 1. The Bertz CT molecular complexity index is 249. The van der Waals surface area contributed by atoms with Crippen LogP contribution in [0.1, 0.15) is 46.5 Å². The molecule has 106 valence electrons. The minimum atomic E-state index is -0.292. The van der Waals surface area contributed by atoms with Crippen LogP contribution in [-0.2, 0) is 4.79 Å². The third kappa shape index (κ3) is 4.25. The van der Waals surface area contributed by atoms with Crippen LogP contribution < -0.4 is 5.73 Å². The Morgan fingerprint density at radius 1 is 1.22 bits per heavy atom. The molecule has 4 nitrogen and oxygen atoms in total. The third-order valence-electron chi connectivity index (χ3n) is 4.03. The van der Waals surface area contributed by atoms with Crippen molar-refractivity contribution in [2.45, 2.75) is 58.5 Å². The van der Waals surface area contributed by atoms with Crippen LogP contribution in [0.15, 0.2) is 0 Å². The zero-order valence-corrected chi connectivity index (χ0v) is 12.2. The van der Waals surface area contributed by atoms with Gasteiger partial charge in [0, 0.05) is 32.2 Å².